The van der Waals surface area contributed by atoms with Gasteiger partial charge in [0.15, 0.2) is 0 Å². The first-order chi connectivity index (χ1) is 14.4. The van der Waals surface area contributed by atoms with Crippen LogP contribution in [0.4, 0.5) is 5.69 Å². The summed E-state index contributed by atoms with van der Waals surface area (Å²) in [5.41, 5.74) is 2.04. The number of anilines is 1. The van der Waals surface area contributed by atoms with Crippen LogP contribution in [-0.2, 0) is 26.0 Å². The monoisotopic (exact) mass is 448 g/mol. The number of rotatable bonds is 4. The Labute approximate surface area is 180 Å². The third kappa shape index (κ3) is 3.77. The highest BCUT2D eigenvalue weighted by Crippen LogP contribution is 2.33. The molecule has 0 radical (unpaired) electrons. The molecule has 1 aromatic carbocycles. The van der Waals surface area contributed by atoms with Crippen LogP contribution in [0.25, 0.3) is 0 Å². The number of carbonyl (C=O) groups excluding carboxylic acids is 2. The maximum Gasteiger partial charge on any atom is 0.338 e. The van der Waals surface area contributed by atoms with Crippen LogP contribution in [0.1, 0.15) is 35.2 Å². The molecule has 30 heavy (non-hydrogen) atoms. The number of esters is 1. The maximum absolute atomic E-state index is 13.4. The second kappa shape index (κ2) is 8.49. The van der Waals surface area contributed by atoms with Crippen LogP contribution in [0, 0.1) is 5.92 Å². The summed E-state index contributed by atoms with van der Waals surface area (Å²) in [7, 11) is -2.23. The molecule has 160 valence electrons. The van der Waals surface area contributed by atoms with E-state index >= 15 is 0 Å². The van der Waals surface area contributed by atoms with Gasteiger partial charge in [-0.25, -0.2) is 13.2 Å². The summed E-state index contributed by atoms with van der Waals surface area (Å²) in [6.45, 7) is 1.17. The molecule has 0 bridgehead atoms. The molecular formula is C21H24N2O5S2. The number of amides is 1. The van der Waals surface area contributed by atoms with Crippen LogP contribution in [0.2, 0.25) is 0 Å². The lowest BCUT2D eigenvalue weighted by molar-refractivity contribution is -0.123. The molecular weight excluding hydrogens is 424 g/mol. The molecule has 1 amide bonds. The highest BCUT2D eigenvalue weighted by Gasteiger charge is 2.37. The Balaban J connectivity index is 1.58. The van der Waals surface area contributed by atoms with E-state index in [0.717, 1.165) is 17.7 Å². The number of ether oxygens (including phenoxy) is 1. The van der Waals surface area contributed by atoms with Gasteiger partial charge in [-0.05, 0) is 54.8 Å². The molecule has 0 saturated carbocycles. The Kier molecular flexibility index (Phi) is 5.95. The summed E-state index contributed by atoms with van der Waals surface area (Å²) < 4.78 is 32.4. The largest absolute Gasteiger partial charge is 0.465 e. The van der Waals surface area contributed by atoms with E-state index in [1.807, 2.05) is 6.07 Å². The van der Waals surface area contributed by atoms with E-state index < -0.39 is 21.9 Å². The van der Waals surface area contributed by atoms with E-state index in [-0.39, 0.29) is 12.5 Å². The second-order valence-electron chi connectivity index (χ2n) is 7.52. The summed E-state index contributed by atoms with van der Waals surface area (Å²) in [6, 6.07) is 8.63. The zero-order chi connectivity index (χ0) is 21.3. The fourth-order valence-corrected chi connectivity index (χ4v) is 6.94. The molecule has 0 N–H and O–H groups in total. The predicted octanol–water partition coefficient (Wildman–Crippen LogP) is 2.91. The molecule has 9 heteroatoms. The highest BCUT2D eigenvalue weighted by molar-refractivity contribution is 7.91. The Morgan fingerprint density at radius 1 is 1.13 bits per heavy atom. The third-order valence-corrected chi connectivity index (χ3v) is 8.98. The van der Waals surface area contributed by atoms with Crippen LogP contribution < -0.4 is 4.90 Å². The molecule has 7 nitrogen and oxygen atoms in total. The lowest BCUT2D eigenvalue weighted by Gasteiger charge is -2.36. The van der Waals surface area contributed by atoms with Crippen molar-refractivity contribution in [1.29, 1.82) is 0 Å². The second-order valence-corrected chi connectivity index (χ2v) is 10.6. The Bertz CT molecular complexity index is 1050. The molecule has 1 aromatic heterocycles. The number of hydrogen-bond acceptors (Lipinski definition) is 6. The first-order valence-electron chi connectivity index (χ1n) is 9.98. The van der Waals surface area contributed by atoms with Gasteiger partial charge in [0, 0.05) is 25.3 Å². The SMILES string of the molecule is COC(=O)c1cccc2c1CCCN2C(=O)C1CCCN(S(=O)(=O)c2cccs2)C1. The van der Waals surface area contributed by atoms with E-state index in [1.54, 1.807) is 34.5 Å². The van der Waals surface area contributed by atoms with Crippen LogP contribution >= 0.6 is 11.3 Å². The fraction of sp³-hybridized carbons (Fsp3) is 0.429. The predicted molar refractivity (Wildman–Crippen MR) is 114 cm³/mol. The summed E-state index contributed by atoms with van der Waals surface area (Å²) >= 11 is 1.19. The highest BCUT2D eigenvalue weighted by atomic mass is 32.2. The van der Waals surface area contributed by atoms with Crippen LogP contribution in [0.15, 0.2) is 39.9 Å². The van der Waals surface area contributed by atoms with E-state index in [9.17, 15) is 18.0 Å². The lowest BCUT2D eigenvalue weighted by Crippen LogP contribution is -2.48. The Morgan fingerprint density at radius 2 is 1.97 bits per heavy atom. The van der Waals surface area contributed by atoms with E-state index in [1.165, 1.54) is 22.8 Å². The van der Waals surface area contributed by atoms with Gasteiger partial charge in [-0.2, -0.15) is 4.31 Å². The average Bonchev–Trinajstić information content (AvgIpc) is 3.33. The van der Waals surface area contributed by atoms with Crippen molar-refractivity contribution < 1.29 is 22.7 Å². The quantitative estimate of drug-likeness (QED) is 0.672. The van der Waals surface area contributed by atoms with Gasteiger partial charge in [0.05, 0.1) is 18.6 Å². The van der Waals surface area contributed by atoms with Gasteiger partial charge in [0.25, 0.3) is 10.0 Å². The van der Waals surface area contributed by atoms with Crippen molar-refractivity contribution in [2.24, 2.45) is 5.92 Å². The molecule has 2 aliphatic rings. The standard InChI is InChI=1S/C21H24N2O5S2/c1-28-21(25)17-7-2-9-18-16(17)8-4-12-23(18)20(24)15-6-3-11-22(14-15)30(26,27)19-10-5-13-29-19/h2,5,7,9-10,13,15H,3-4,6,8,11-12,14H2,1H3. The van der Waals surface area contributed by atoms with Crippen molar-refractivity contribution in [3.05, 3.63) is 46.8 Å². The Hall–Kier alpha value is -2.23. The van der Waals surface area contributed by atoms with Crippen molar-refractivity contribution in [2.75, 3.05) is 31.6 Å². The van der Waals surface area contributed by atoms with Gasteiger partial charge in [0.1, 0.15) is 4.21 Å². The lowest BCUT2D eigenvalue weighted by atomic mass is 9.93. The number of sulfonamides is 1. The first kappa shape index (κ1) is 21.0. The number of methoxy groups -OCH3 is 1. The minimum Gasteiger partial charge on any atom is -0.465 e. The molecule has 1 fully saturated rings. The Morgan fingerprint density at radius 3 is 2.70 bits per heavy atom. The summed E-state index contributed by atoms with van der Waals surface area (Å²) in [4.78, 5) is 27.3. The van der Waals surface area contributed by atoms with Crippen LogP contribution in [-0.4, -0.2) is 51.3 Å². The topological polar surface area (TPSA) is 84.0 Å². The molecule has 0 spiro atoms. The number of hydrogen-bond donors (Lipinski definition) is 0. The number of piperidine rings is 1. The number of thiophene rings is 1. The molecule has 1 atom stereocenters. The number of fused-ring (bicyclic) bond motifs is 1. The molecule has 2 aromatic rings. The molecule has 4 rings (SSSR count). The minimum atomic E-state index is -3.58. The first-order valence-corrected chi connectivity index (χ1v) is 12.3. The van der Waals surface area contributed by atoms with E-state index in [2.05, 4.69) is 0 Å². The summed E-state index contributed by atoms with van der Waals surface area (Å²) in [5.74, 6) is -0.891. The van der Waals surface area contributed by atoms with Gasteiger partial charge >= 0.3 is 5.97 Å². The number of benzene rings is 1. The molecule has 3 heterocycles. The van der Waals surface area contributed by atoms with Gasteiger partial charge < -0.3 is 9.64 Å². The van der Waals surface area contributed by atoms with Gasteiger partial charge in [-0.1, -0.05) is 12.1 Å². The smallest absolute Gasteiger partial charge is 0.338 e. The normalized spacial score (nSPS) is 19.9. The van der Waals surface area contributed by atoms with Gasteiger partial charge in [-0.15, -0.1) is 11.3 Å². The van der Waals surface area contributed by atoms with Crippen molar-refractivity contribution in [3.63, 3.8) is 0 Å². The molecule has 0 aliphatic carbocycles. The molecule has 1 unspecified atom stereocenters. The van der Waals surface area contributed by atoms with Crippen molar-refractivity contribution in [1.82, 2.24) is 4.31 Å². The van der Waals surface area contributed by atoms with Gasteiger partial charge in [-0.3, -0.25) is 4.79 Å². The minimum absolute atomic E-state index is 0.0796. The van der Waals surface area contributed by atoms with Crippen LogP contribution in [0.3, 0.4) is 0 Å². The summed E-state index contributed by atoms with van der Waals surface area (Å²) in [5, 5.41) is 1.74. The van der Waals surface area contributed by atoms with E-state index in [4.69, 9.17) is 4.74 Å². The third-order valence-electron chi connectivity index (χ3n) is 5.74. The maximum atomic E-state index is 13.4. The molecule has 2 aliphatic heterocycles. The average molecular weight is 449 g/mol. The van der Waals surface area contributed by atoms with Crippen molar-refractivity contribution >= 4 is 38.9 Å². The van der Waals surface area contributed by atoms with Crippen molar-refractivity contribution in [3.8, 4) is 0 Å². The number of carbonyl (C=O) groups is 2. The van der Waals surface area contributed by atoms with Crippen molar-refractivity contribution in [2.45, 2.75) is 29.9 Å². The zero-order valence-corrected chi connectivity index (χ0v) is 18.4. The zero-order valence-electron chi connectivity index (χ0n) is 16.7. The number of nitrogens with zero attached hydrogens (tertiary/aromatic N) is 2. The van der Waals surface area contributed by atoms with Gasteiger partial charge in [0.2, 0.25) is 5.91 Å². The molecule has 1 saturated heterocycles. The summed E-state index contributed by atoms with van der Waals surface area (Å²) in [6.07, 6.45) is 2.74. The van der Waals surface area contributed by atoms with Crippen LogP contribution in [0.5, 0.6) is 0 Å². The fourth-order valence-electron chi connectivity index (χ4n) is 4.27. The van der Waals surface area contributed by atoms with E-state index in [0.29, 0.717) is 42.1 Å².